The number of fused-ring (bicyclic) bond motifs is 1. The molecular weight excluding hydrogens is 404 g/mol. The van der Waals surface area contributed by atoms with E-state index in [9.17, 15) is 8.42 Å². The van der Waals surface area contributed by atoms with Crippen molar-refractivity contribution in [2.75, 3.05) is 13.1 Å². The third-order valence-electron chi connectivity index (χ3n) is 4.51. The molecule has 1 aromatic carbocycles. The molecule has 1 aliphatic rings. The van der Waals surface area contributed by atoms with Gasteiger partial charge in [0.1, 0.15) is 10.7 Å². The Morgan fingerprint density at radius 3 is 2.70 bits per heavy atom. The molecule has 27 heavy (non-hydrogen) atoms. The molecule has 6 nitrogen and oxygen atoms in total. The first kappa shape index (κ1) is 18.7. The molecule has 3 aromatic rings. The molecule has 2 aromatic heterocycles. The summed E-state index contributed by atoms with van der Waals surface area (Å²) in [5.41, 5.74) is 1.76. The van der Waals surface area contributed by atoms with Crippen molar-refractivity contribution in [3.05, 3.63) is 47.4 Å². The minimum absolute atomic E-state index is 0.257. The van der Waals surface area contributed by atoms with Gasteiger partial charge in [-0.2, -0.15) is 4.31 Å². The van der Waals surface area contributed by atoms with E-state index < -0.39 is 10.0 Å². The molecular formula is C18H19ClN4O2S2. The average Bonchev–Trinajstić information content (AvgIpc) is 3.09. The fourth-order valence-corrected chi connectivity index (χ4v) is 5.45. The first-order chi connectivity index (χ1) is 13.0. The van der Waals surface area contributed by atoms with Gasteiger partial charge in [-0.1, -0.05) is 29.8 Å². The van der Waals surface area contributed by atoms with E-state index in [1.54, 1.807) is 16.4 Å². The molecule has 1 saturated heterocycles. The number of sulfonamides is 1. The predicted octanol–water partition coefficient (Wildman–Crippen LogP) is 4.08. The number of aromatic nitrogens is 3. The fourth-order valence-electron chi connectivity index (χ4n) is 3.10. The quantitative estimate of drug-likeness (QED) is 0.627. The van der Waals surface area contributed by atoms with Gasteiger partial charge in [0.05, 0.1) is 21.8 Å². The Kier molecular flexibility index (Phi) is 5.41. The number of hydrogen-bond donors (Lipinski definition) is 1. The van der Waals surface area contributed by atoms with Crippen molar-refractivity contribution in [1.29, 1.82) is 0 Å². The van der Waals surface area contributed by atoms with Crippen LogP contribution in [-0.4, -0.2) is 40.8 Å². The van der Waals surface area contributed by atoms with E-state index in [0.29, 0.717) is 23.9 Å². The Bertz CT molecular complexity index is 1040. The number of halogens is 1. The minimum atomic E-state index is -3.44. The predicted molar refractivity (Wildman–Crippen MR) is 108 cm³/mol. The van der Waals surface area contributed by atoms with Gasteiger partial charge in [0.15, 0.2) is 0 Å². The number of pyridine rings is 1. The summed E-state index contributed by atoms with van der Waals surface area (Å²) in [7, 11) is -3.44. The van der Waals surface area contributed by atoms with Crippen molar-refractivity contribution < 1.29 is 8.42 Å². The smallest absolute Gasteiger partial charge is 0.244 e. The van der Waals surface area contributed by atoms with E-state index in [-0.39, 0.29) is 4.90 Å². The Morgan fingerprint density at radius 1 is 1.15 bits per heavy atom. The highest BCUT2D eigenvalue weighted by Gasteiger charge is 2.26. The lowest BCUT2D eigenvalue weighted by molar-refractivity contribution is 0.346. The first-order valence-electron chi connectivity index (χ1n) is 8.75. The highest BCUT2D eigenvalue weighted by atomic mass is 35.5. The van der Waals surface area contributed by atoms with E-state index in [0.717, 1.165) is 41.1 Å². The first-order valence-corrected chi connectivity index (χ1v) is 11.6. The van der Waals surface area contributed by atoms with Crippen LogP contribution in [0, 0.1) is 0 Å². The third-order valence-corrected chi connectivity index (χ3v) is 7.58. The van der Waals surface area contributed by atoms with Crippen LogP contribution in [0.4, 0.5) is 0 Å². The standard InChI is InChI=1S/C18H19ClN4O2S2/c19-13-4-6-15-16(10-13)22-17(21-15)12-26-18-7-5-14(11-20-18)27(24,25)23-8-2-1-3-9-23/h4-7,10-11H,1-3,8-9,12H2,(H,21,22). The molecule has 0 amide bonds. The van der Waals surface area contributed by atoms with Gasteiger partial charge >= 0.3 is 0 Å². The molecule has 0 bridgehead atoms. The maximum Gasteiger partial charge on any atom is 0.244 e. The summed E-state index contributed by atoms with van der Waals surface area (Å²) < 4.78 is 26.9. The summed E-state index contributed by atoms with van der Waals surface area (Å²) in [5, 5.41) is 1.42. The van der Waals surface area contributed by atoms with Gasteiger partial charge < -0.3 is 4.98 Å². The van der Waals surface area contributed by atoms with Crippen molar-refractivity contribution in [2.24, 2.45) is 0 Å². The van der Waals surface area contributed by atoms with E-state index in [2.05, 4.69) is 15.0 Å². The summed E-state index contributed by atoms with van der Waals surface area (Å²) in [6.07, 6.45) is 4.38. The lowest BCUT2D eigenvalue weighted by atomic mass is 10.2. The zero-order valence-corrected chi connectivity index (χ0v) is 16.9. The molecule has 0 unspecified atom stereocenters. The van der Waals surface area contributed by atoms with Crippen LogP contribution in [0.1, 0.15) is 25.1 Å². The van der Waals surface area contributed by atoms with E-state index >= 15 is 0 Å². The molecule has 1 aliphatic heterocycles. The number of nitrogens with zero attached hydrogens (tertiary/aromatic N) is 3. The number of aromatic amines is 1. The lowest BCUT2D eigenvalue weighted by Crippen LogP contribution is -2.35. The van der Waals surface area contributed by atoms with Gasteiger partial charge in [0.2, 0.25) is 10.0 Å². The Hall–Kier alpha value is -1.61. The van der Waals surface area contributed by atoms with Crippen molar-refractivity contribution in [3.8, 4) is 0 Å². The zero-order chi connectivity index (χ0) is 18.9. The van der Waals surface area contributed by atoms with E-state index in [1.807, 2.05) is 18.2 Å². The van der Waals surface area contributed by atoms with E-state index in [4.69, 9.17) is 11.6 Å². The van der Waals surface area contributed by atoms with Gasteiger partial charge in [-0.3, -0.25) is 0 Å². The summed E-state index contributed by atoms with van der Waals surface area (Å²) in [4.78, 5) is 12.3. The Balaban J connectivity index is 1.44. The summed E-state index contributed by atoms with van der Waals surface area (Å²) >= 11 is 7.49. The number of H-pyrrole nitrogens is 1. The number of benzene rings is 1. The fraction of sp³-hybridized carbons (Fsp3) is 0.333. The number of imidazole rings is 1. The summed E-state index contributed by atoms with van der Waals surface area (Å²) in [6, 6.07) is 8.92. The molecule has 0 aliphatic carbocycles. The second-order valence-corrected chi connectivity index (χ2v) is 9.80. The molecule has 1 N–H and O–H groups in total. The molecule has 0 saturated carbocycles. The second kappa shape index (κ2) is 7.79. The molecule has 9 heteroatoms. The van der Waals surface area contributed by atoms with Crippen LogP contribution in [0.15, 0.2) is 46.5 Å². The molecule has 0 atom stereocenters. The molecule has 0 radical (unpaired) electrons. The van der Waals surface area contributed by atoms with Crippen LogP contribution in [0.3, 0.4) is 0 Å². The van der Waals surface area contributed by atoms with Crippen LogP contribution in [0.5, 0.6) is 0 Å². The zero-order valence-electron chi connectivity index (χ0n) is 14.6. The lowest BCUT2D eigenvalue weighted by Gasteiger charge is -2.25. The third kappa shape index (κ3) is 4.13. The van der Waals surface area contributed by atoms with Gasteiger partial charge in [-0.05, 0) is 43.2 Å². The van der Waals surface area contributed by atoms with Gasteiger partial charge in [-0.25, -0.2) is 18.4 Å². The number of thioether (sulfide) groups is 1. The molecule has 4 rings (SSSR count). The van der Waals surface area contributed by atoms with Crippen molar-refractivity contribution in [2.45, 2.75) is 34.9 Å². The SMILES string of the molecule is O=S(=O)(c1ccc(SCc2nc3ccc(Cl)cc3[nH]2)nc1)N1CCCCC1. The molecule has 1 fully saturated rings. The van der Waals surface area contributed by atoms with Crippen LogP contribution >= 0.6 is 23.4 Å². The summed E-state index contributed by atoms with van der Waals surface area (Å²) in [6.45, 7) is 1.18. The van der Waals surface area contributed by atoms with Crippen LogP contribution in [-0.2, 0) is 15.8 Å². The normalized spacial score (nSPS) is 16.0. The Morgan fingerprint density at radius 2 is 1.96 bits per heavy atom. The number of hydrogen-bond acceptors (Lipinski definition) is 5. The molecule has 142 valence electrons. The van der Waals surface area contributed by atoms with Gasteiger partial charge in [-0.15, -0.1) is 0 Å². The van der Waals surface area contributed by atoms with Crippen molar-refractivity contribution in [3.63, 3.8) is 0 Å². The maximum absolute atomic E-state index is 12.7. The number of piperidine rings is 1. The van der Waals surface area contributed by atoms with Crippen molar-refractivity contribution >= 4 is 44.4 Å². The number of nitrogens with one attached hydrogen (secondary N) is 1. The average molecular weight is 423 g/mol. The highest BCUT2D eigenvalue weighted by molar-refractivity contribution is 7.98. The van der Waals surface area contributed by atoms with Crippen LogP contribution in [0.2, 0.25) is 5.02 Å². The maximum atomic E-state index is 12.7. The number of rotatable bonds is 5. The molecule has 0 spiro atoms. The second-order valence-electron chi connectivity index (χ2n) is 6.43. The van der Waals surface area contributed by atoms with Crippen LogP contribution < -0.4 is 0 Å². The van der Waals surface area contributed by atoms with Crippen LogP contribution in [0.25, 0.3) is 11.0 Å². The molecule has 3 heterocycles. The van der Waals surface area contributed by atoms with Gasteiger partial charge in [0, 0.05) is 24.3 Å². The minimum Gasteiger partial charge on any atom is -0.341 e. The van der Waals surface area contributed by atoms with E-state index in [1.165, 1.54) is 18.0 Å². The Labute approximate surface area is 167 Å². The summed E-state index contributed by atoms with van der Waals surface area (Å²) in [5.74, 6) is 1.43. The topological polar surface area (TPSA) is 79.0 Å². The van der Waals surface area contributed by atoms with Crippen molar-refractivity contribution in [1.82, 2.24) is 19.3 Å². The largest absolute Gasteiger partial charge is 0.341 e. The van der Waals surface area contributed by atoms with Gasteiger partial charge in [0.25, 0.3) is 0 Å². The monoisotopic (exact) mass is 422 g/mol. The highest BCUT2D eigenvalue weighted by Crippen LogP contribution is 2.25.